The lowest BCUT2D eigenvalue weighted by Gasteiger charge is -2.29. The van der Waals surface area contributed by atoms with Crippen LogP contribution in [0.1, 0.15) is 51.5 Å². The summed E-state index contributed by atoms with van der Waals surface area (Å²) in [5, 5.41) is 3.70. The average Bonchev–Trinajstić information content (AvgIpc) is 2.91. The number of benzene rings is 1. The Bertz CT molecular complexity index is 518. The molecule has 3 heteroatoms. The van der Waals surface area contributed by atoms with Gasteiger partial charge in [-0.1, -0.05) is 13.3 Å². The maximum Gasteiger partial charge on any atom is 0.223 e. The fourth-order valence-corrected chi connectivity index (χ4v) is 3.77. The Morgan fingerprint density at radius 2 is 2.05 bits per heavy atom. The molecular weight excluding hydrogens is 260 g/mol. The lowest BCUT2D eigenvalue weighted by Crippen LogP contribution is -2.26. The summed E-state index contributed by atoms with van der Waals surface area (Å²) >= 11 is 0. The van der Waals surface area contributed by atoms with Crippen LogP contribution in [0.3, 0.4) is 0 Å². The second-order valence-corrected chi connectivity index (χ2v) is 6.53. The number of carbonyl (C=O) groups is 1. The van der Waals surface area contributed by atoms with Gasteiger partial charge in [-0.15, -0.1) is 0 Å². The number of amides is 1. The molecule has 0 bridgehead atoms. The number of nitrogens with zero attached hydrogens (tertiary/aromatic N) is 1. The monoisotopic (exact) mass is 286 g/mol. The van der Waals surface area contributed by atoms with E-state index in [0.717, 1.165) is 24.6 Å². The van der Waals surface area contributed by atoms with Crippen LogP contribution in [0.4, 0.5) is 11.4 Å². The van der Waals surface area contributed by atoms with Crippen molar-refractivity contribution < 1.29 is 4.79 Å². The number of fused-ring (bicyclic) bond motifs is 1. The molecule has 0 unspecified atom stereocenters. The first kappa shape index (κ1) is 14.4. The van der Waals surface area contributed by atoms with Gasteiger partial charge in [0.1, 0.15) is 0 Å². The maximum absolute atomic E-state index is 11.6. The molecule has 1 saturated carbocycles. The van der Waals surface area contributed by atoms with Crippen molar-refractivity contribution in [3.63, 3.8) is 0 Å². The smallest absolute Gasteiger partial charge is 0.223 e. The van der Waals surface area contributed by atoms with E-state index in [0.29, 0.717) is 6.04 Å². The summed E-state index contributed by atoms with van der Waals surface area (Å²) < 4.78 is 0. The topological polar surface area (TPSA) is 32.3 Å². The van der Waals surface area contributed by atoms with E-state index >= 15 is 0 Å². The van der Waals surface area contributed by atoms with Gasteiger partial charge in [-0.3, -0.25) is 4.79 Å². The fourth-order valence-electron chi connectivity index (χ4n) is 3.77. The lowest BCUT2D eigenvalue weighted by atomic mass is 9.84. The van der Waals surface area contributed by atoms with Gasteiger partial charge in [-0.05, 0) is 61.8 Å². The number of anilines is 2. The molecule has 3 rings (SSSR count). The second-order valence-electron chi connectivity index (χ2n) is 6.53. The fraction of sp³-hybridized carbons (Fsp3) is 0.611. The highest BCUT2D eigenvalue weighted by atomic mass is 16.2. The summed E-state index contributed by atoms with van der Waals surface area (Å²) in [5.74, 6) is 1.08. The number of rotatable bonds is 3. The molecule has 1 aliphatic heterocycles. The van der Waals surface area contributed by atoms with Crippen molar-refractivity contribution in [1.82, 2.24) is 0 Å². The number of hydrogen-bond acceptors (Lipinski definition) is 2. The van der Waals surface area contributed by atoms with Gasteiger partial charge >= 0.3 is 0 Å². The van der Waals surface area contributed by atoms with Crippen molar-refractivity contribution in [2.45, 2.75) is 58.4 Å². The molecule has 1 aromatic carbocycles. The van der Waals surface area contributed by atoms with Crippen LogP contribution in [-0.4, -0.2) is 18.5 Å². The summed E-state index contributed by atoms with van der Waals surface area (Å²) in [7, 11) is 0. The van der Waals surface area contributed by atoms with Crippen LogP contribution < -0.4 is 10.2 Å². The Kier molecular flexibility index (Phi) is 4.18. The number of hydrogen-bond donors (Lipinski definition) is 1. The summed E-state index contributed by atoms with van der Waals surface area (Å²) in [6.07, 6.45) is 7.60. The molecule has 1 amide bonds. The average molecular weight is 286 g/mol. The molecule has 0 radical (unpaired) electrons. The summed E-state index contributed by atoms with van der Waals surface area (Å²) in [6.45, 7) is 4.78. The highest BCUT2D eigenvalue weighted by Gasteiger charge is 2.23. The quantitative estimate of drug-likeness (QED) is 0.911. The van der Waals surface area contributed by atoms with Gasteiger partial charge < -0.3 is 10.2 Å². The van der Waals surface area contributed by atoms with E-state index in [2.05, 4.69) is 30.4 Å². The molecule has 1 fully saturated rings. The molecule has 21 heavy (non-hydrogen) atoms. The number of nitrogens with one attached hydrogen (secondary N) is 1. The second kappa shape index (κ2) is 6.08. The van der Waals surface area contributed by atoms with Crippen molar-refractivity contribution >= 4 is 17.3 Å². The first-order chi connectivity index (χ1) is 10.2. The van der Waals surface area contributed by atoms with Gasteiger partial charge in [-0.25, -0.2) is 0 Å². The molecule has 0 saturated heterocycles. The number of carbonyl (C=O) groups excluding carboxylic acids is 1. The highest BCUT2D eigenvalue weighted by Crippen LogP contribution is 2.32. The Balaban J connectivity index is 1.64. The van der Waals surface area contributed by atoms with Gasteiger partial charge in [-0.2, -0.15) is 0 Å². The van der Waals surface area contributed by atoms with Crippen LogP contribution in [0.25, 0.3) is 0 Å². The van der Waals surface area contributed by atoms with Crippen molar-refractivity contribution in [2.75, 3.05) is 16.8 Å². The van der Waals surface area contributed by atoms with E-state index in [-0.39, 0.29) is 5.91 Å². The van der Waals surface area contributed by atoms with Crippen molar-refractivity contribution in [3.05, 3.63) is 23.8 Å². The SMILES string of the molecule is CCC1CCC(Nc2ccc3c(c2)CCN3C(C)=O)CC1. The molecule has 0 aromatic heterocycles. The Hall–Kier alpha value is -1.51. The molecule has 2 aliphatic rings. The first-order valence-electron chi connectivity index (χ1n) is 8.35. The zero-order valence-corrected chi connectivity index (χ0v) is 13.2. The normalized spacial score (nSPS) is 24.8. The molecule has 1 aliphatic carbocycles. The molecule has 0 spiro atoms. The minimum Gasteiger partial charge on any atom is -0.382 e. The minimum atomic E-state index is 0.146. The molecule has 3 nitrogen and oxygen atoms in total. The van der Waals surface area contributed by atoms with Crippen molar-refractivity contribution in [3.8, 4) is 0 Å². The summed E-state index contributed by atoms with van der Waals surface area (Å²) in [5.41, 5.74) is 3.62. The van der Waals surface area contributed by atoms with Gasteiger partial charge in [0.05, 0.1) is 0 Å². The molecule has 1 aromatic rings. The predicted octanol–water partition coefficient (Wildman–Crippen LogP) is 3.98. The third kappa shape index (κ3) is 3.07. The summed E-state index contributed by atoms with van der Waals surface area (Å²) in [4.78, 5) is 13.5. The molecule has 1 N–H and O–H groups in total. The van der Waals surface area contributed by atoms with E-state index in [9.17, 15) is 4.79 Å². The minimum absolute atomic E-state index is 0.146. The van der Waals surface area contributed by atoms with Crippen LogP contribution in [0.2, 0.25) is 0 Å². The van der Waals surface area contributed by atoms with Crippen molar-refractivity contribution in [1.29, 1.82) is 0 Å². The van der Waals surface area contributed by atoms with Crippen LogP contribution in [0, 0.1) is 5.92 Å². The van der Waals surface area contributed by atoms with Gasteiger partial charge in [0.2, 0.25) is 5.91 Å². The van der Waals surface area contributed by atoms with Crippen LogP contribution >= 0.6 is 0 Å². The lowest BCUT2D eigenvalue weighted by molar-refractivity contribution is -0.116. The van der Waals surface area contributed by atoms with E-state index in [1.807, 2.05) is 4.90 Å². The first-order valence-corrected chi connectivity index (χ1v) is 8.35. The zero-order chi connectivity index (χ0) is 14.8. The third-order valence-corrected chi connectivity index (χ3v) is 5.15. The maximum atomic E-state index is 11.6. The Morgan fingerprint density at radius 1 is 1.29 bits per heavy atom. The van der Waals surface area contributed by atoms with Gasteiger partial charge in [0.15, 0.2) is 0 Å². The van der Waals surface area contributed by atoms with E-state index in [1.54, 1.807) is 6.92 Å². The van der Waals surface area contributed by atoms with Crippen LogP contribution in [0.15, 0.2) is 18.2 Å². The van der Waals surface area contributed by atoms with Gasteiger partial charge in [0, 0.05) is 30.9 Å². The Morgan fingerprint density at radius 3 is 2.71 bits per heavy atom. The van der Waals surface area contributed by atoms with Crippen molar-refractivity contribution in [2.24, 2.45) is 5.92 Å². The summed E-state index contributed by atoms with van der Waals surface area (Å²) in [6, 6.07) is 7.09. The molecule has 114 valence electrons. The van der Waals surface area contributed by atoms with Crippen LogP contribution in [-0.2, 0) is 11.2 Å². The third-order valence-electron chi connectivity index (χ3n) is 5.15. The largest absolute Gasteiger partial charge is 0.382 e. The predicted molar refractivity (Wildman–Crippen MR) is 87.8 cm³/mol. The highest BCUT2D eigenvalue weighted by molar-refractivity contribution is 5.94. The standard InChI is InChI=1S/C18H26N2O/c1-3-14-4-6-16(7-5-14)19-17-8-9-18-15(12-17)10-11-20(18)13(2)21/h8-9,12,14,16,19H,3-7,10-11H2,1-2H3. The molecular formula is C18H26N2O. The molecule has 1 heterocycles. The van der Waals surface area contributed by atoms with Crippen LogP contribution in [0.5, 0.6) is 0 Å². The Labute approximate surface area is 127 Å². The van der Waals surface area contributed by atoms with E-state index in [4.69, 9.17) is 0 Å². The zero-order valence-electron chi connectivity index (χ0n) is 13.2. The van der Waals surface area contributed by atoms with E-state index in [1.165, 1.54) is 43.4 Å². The van der Waals surface area contributed by atoms with Gasteiger partial charge in [0.25, 0.3) is 0 Å². The molecule has 0 atom stereocenters. The van der Waals surface area contributed by atoms with E-state index < -0.39 is 0 Å².